The van der Waals surface area contributed by atoms with Crippen LogP contribution < -0.4 is 10.6 Å². The van der Waals surface area contributed by atoms with Crippen molar-refractivity contribution in [2.45, 2.75) is 63.6 Å². The molecular weight excluding hydrogens is 506 g/mol. The van der Waals surface area contributed by atoms with Crippen LogP contribution in [0.15, 0.2) is 54.6 Å². The summed E-state index contributed by atoms with van der Waals surface area (Å²) in [6.45, 7) is 8.53. The minimum atomic E-state index is -1.85. The highest BCUT2D eigenvalue weighted by Crippen LogP contribution is 2.42. The highest BCUT2D eigenvalue weighted by molar-refractivity contribution is 5.97. The second kappa shape index (κ2) is 11.2. The number of halogens is 2. The number of aliphatic hydroxyl groups excluding tert-OH is 1. The molecule has 1 fully saturated rings. The lowest BCUT2D eigenvalue weighted by molar-refractivity contribution is -0.132. The molecule has 1 aliphatic heterocycles. The molecule has 0 radical (unpaired) electrons. The van der Waals surface area contributed by atoms with Gasteiger partial charge in [0.2, 0.25) is 5.91 Å². The summed E-state index contributed by atoms with van der Waals surface area (Å²) in [5, 5.41) is 20.5. The van der Waals surface area contributed by atoms with Gasteiger partial charge in [0, 0.05) is 30.8 Å². The minimum Gasteiger partial charge on any atom is -0.381 e. The Hall–Kier alpha value is -3.63. The monoisotopic (exact) mass is 540 g/mol. The molecule has 1 aromatic heterocycles. The van der Waals surface area contributed by atoms with E-state index in [4.69, 9.17) is 9.84 Å². The lowest BCUT2D eigenvalue weighted by Crippen LogP contribution is -2.44. The van der Waals surface area contributed by atoms with Crippen molar-refractivity contribution in [1.82, 2.24) is 15.1 Å². The first-order chi connectivity index (χ1) is 18.4. The van der Waals surface area contributed by atoms with Gasteiger partial charge in [0.05, 0.1) is 11.2 Å². The molecule has 39 heavy (non-hydrogen) atoms. The van der Waals surface area contributed by atoms with E-state index in [9.17, 15) is 23.5 Å². The number of rotatable bonds is 7. The lowest BCUT2D eigenvalue weighted by Gasteiger charge is -2.36. The van der Waals surface area contributed by atoms with Gasteiger partial charge in [0.1, 0.15) is 23.5 Å². The molecular formula is C29H34F2N4O4. The smallest absolute Gasteiger partial charge is 0.254 e. The molecule has 10 heteroatoms. The van der Waals surface area contributed by atoms with E-state index in [1.807, 2.05) is 45.0 Å². The maximum Gasteiger partial charge on any atom is 0.254 e. The van der Waals surface area contributed by atoms with Crippen molar-refractivity contribution in [3.05, 3.63) is 83.1 Å². The average Bonchev–Trinajstić information content (AvgIpc) is 3.33. The SMILES string of the molecule is C[C@H](NC(=O)[C@@H](O)c1cc(F)cc(F)c1)C(=O)Nc1cc(C2(c3ccccc3)CCOCC2)nn1C(C)(C)C. The lowest BCUT2D eigenvalue weighted by atomic mass is 9.72. The zero-order valence-electron chi connectivity index (χ0n) is 22.5. The van der Waals surface area contributed by atoms with Crippen LogP contribution in [0.4, 0.5) is 14.6 Å². The van der Waals surface area contributed by atoms with E-state index >= 15 is 0 Å². The quantitative estimate of drug-likeness (QED) is 0.417. The first kappa shape index (κ1) is 28.4. The van der Waals surface area contributed by atoms with E-state index < -0.39 is 41.1 Å². The van der Waals surface area contributed by atoms with Crippen molar-refractivity contribution >= 4 is 17.6 Å². The highest BCUT2D eigenvalue weighted by atomic mass is 19.1. The first-order valence-electron chi connectivity index (χ1n) is 12.9. The Morgan fingerprint density at radius 1 is 1.03 bits per heavy atom. The van der Waals surface area contributed by atoms with Gasteiger partial charge in [-0.15, -0.1) is 0 Å². The molecule has 0 unspecified atom stereocenters. The van der Waals surface area contributed by atoms with Gasteiger partial charge in [-0.3, -0.25) is 9.59 Å². The van der Waals surface area contributed by atoms with Crippen molar-refractivity contribution in [1.29, 1.82) is 0 Å². The summed E-state index contributed by atoms with van der Waals surface area (Å²) in [5.41, 5.74) is 0.805. The van der Waals surface area contributed by atoms with E-state index in [0.717, 1.165) is 36.2 Å². The normalized spacial score (nSPS) is 16.8. The van der Waals surface area contributed by atoms with Gasteiger partial charge in [-0.2, -0.15) is 5.10 Å². The van der Waals surface area contributed by atoms with Gasteiger partial charge < -0.3 is 20.5 Å². The van der Waals surface area contributed by atoms with Crippen LogP contribution in [-0.2, 0) is 25.3 Å². The molecule has 0 spiro atoms. The third-order valence-electron chi connectivity index (χ3n) is 6.96. The number of ether oxygens (including phenoxy) is 1. The van der Waals surface area contributed by atoms with Gasteiger partial charge in [-0.1, -0.05) is 30.3 Å². The number of hydrogen-bond acceptors (Lipinski definition) is 5. The van der Waals surface area contributed by atoms with Crippen LogP contribution in [0, 0.1) is 11.6 Å². The van der Waals surface area contributed by atoms with Gasteiger partial charge in [0.15, 0.2) is 6.10 Å². The van der Waals surface area contributed by atoms with Gasteiger partial charge in [0.25, 0.3) is 5.91 Å². The molecule has 0 saturated carbocycles. The zero-order valence-corrected chi connectivity index (χ0v) is 22.5. The van der Waals surface area contributed by atoms with Gasteiger partial charge in [-0.25, -0.2) is 13.5 Å². The van der Waals surface area contributed by atoms with E-state index in [2.05, 4.69) is 22.8 Å². The van der Waals surface area contributed by atoms with Crippen LogP contribution in [0.1, 0.15) is 63.5 Å². The number of carbonyl (C=O) groups excluding carboxylic acids is 2. The summed E-state index contributed by atoms with van der Waals surface area (Å²) in [5.74, 6) is -2.90. The third kappa shape index (κ3) is 6.17. The molecule has 2 aromatic carbocycles. The molecule has 2 heterocycles. The summed E-state index contributed by atoms with van der Waals surface area (Å²) in [6.07, 6.45) is -0.385. The molecule has 2 amide bonds. The van der Waals surface area contributed by atoms with Crippen molar-refractivity contribution in [2.75, 3.05) is 18.5 Å². The maximum atomic E-state index is 13.5. The van der Waals surface area contributed by atoms with Gasteiger partial charge in [-0.05, 0) is 63.8 Å². The van der Waals surface area contributed by atoms with Crippen molar-refractivity contribution in [2.24, 2.45) is 0 Å². The van der Waals surface area contributed by atoms with Crippen molar-refractivity contribution in [3.8, 4) is 0 Å². The third-order valence-corrected chi connectivity index (χ3v) is 6.96. The standard InChI is InChI=1S/C29H34F2N4O4/c1-18(32-27(38)25(36)19-14-21(30)16-22(31)15-19)26(37)33-24-17-23(34-35(24)28(2,3)4)29(10-12-39-13-11-29)20-8-6-5-7-9-20/h5-9,14-18,25,36H,10-13H2,1-4H3,(H,32,38)(H,33,37)/t18-,25-/m0/s1. The average molecular weight is 541 g/mol. The zero-order chi connectivity index (χ0) is 28.4. The second-order valence-electron chi connectivity index (χ2n) is 10.9. The molecule has 3 N–H and O–H groups in total. The number of aliphatic hydroxyl groups is 1. The van der Waals surface area contributed by atoms with E-state index in [1.165, 1.54) is 6.92 Å². The van der Waals surface area contributed by atoms with Crippen molar-refractivity contribution < 1.29 is 28.2 Å². The largest absolute Gasteiger partial charge is 0.381 e. The molecule has 4 rings (SSSR count). The molecule has 1 saturated heterocycles. The van der Waals surface area contributed by atoms with Gasteiger partial charge >= 0.3 is 0 Å². The highest BCUT2D eigenvalue weighted by Gasteiger charge is 2.40. The predicted molar refractivity (Wildman–Crippen MR) is 142 cm³/mol. The number of nitrogens with zero attached hydrogens (tertiary/aromatic N) is 2. The van der Waals surface area contributed by atoms with Crippen LogP contribution in [-0.4, -0.2) is 46.0 Å². The maximum absolute atomic E-state index is 13.5. The number of benzene rings is 2. The summed E-state index contributed by atoms with van der Waals surface area (Å²) < 4.78 is 34.5. The summed E-state index contributed by atoms with van der Waals surface area (Å²) in [4.78, 5) is 25.7. The topological polar surface area (TPSA) is 105 Å². The van der Waals surface area contributed by atoms with Crippen LogP contribution in [0.25, 0.3) is 0 Å². The van der Waals surface area contributed by atoms with E-state index in [-0.39, 0.29) is 11.0 Å². The van der Waals surface area contributed by atoms with Crippen LogP contribution in [0.5, 0.6) is 0 Å². The fraction of sp³-hybridized carbons (Fsp3) is 0.414. The molecule has 2 atom stereocenters. The number of anilines is 1. The summed E-state index contributed by atoms with van der Waals surface area (Å²) >= 11 is 0. The fourth-order valence-corrected chi connectivity index (χ4v) is 4.86. The van der Waals surface area contributed by atoms with Crippen LogP contribution >= 0.6 is 0 Å². The Bertz CT molecular complexity index is 1310. The Kier molecular flexibility index (Phi) is 8.17. The first-order valence-corrected chi connectivity index (χ1v) is 12.9. The number of carbonyl (C=O) groups is 2. The number of hydrogen-bond donors (Lipinski definition) is 3. The summed E-state index contributed by atoms with van der Waals surface area (Å²) in [7, 11) is 0. The number of nitrogens with one attached hydrogen (secondary N) is 2. The van der Waals surface area contributed by atoms with Crippen LogP contribution in [0.3, 0.4) is 0 Å². The molecule has 8 nitrogen and oxygen atoms in total. The number of aromatic nitrogens is 2. The van der Waals surface area contributed by atoms with E-state index in [1.54, 1.807) is 4.68 Å². The van der Waals surface area contributed by atoms with E-state index in [0.29, 0.717) is 25.1 Å². The summed E-state index contributed by atoms with van der Waals surface area (Å²) in [6, 6.07) is 13.3. The minimum absolute atomic E-state index is 0.254. The van der Waals surface area contributed by atoms with Crippen molar-refractivity contribution in [3.63, 3.8) is 0 Å². The number of amides is 2. The fourth-order valence-electron chi connectivity index (χ4n) is 4.86. The predicted octanol–water partition coefficient (Wildman–Crippen LogP) is 4.19. The van der Waals surface area contributed by atoms with Crippen LogP contribution in [0.2, 0.25) is 0 Å². The molecule has 0 aliphatic carbocycles. The Morgan fingerprint density at radius 2 is 1.64 bits per heavy atom. The Balaban J connectivity index is 1.57. The Morgan fingerprint density at radius 3 is 2.23 bits per heavy atom. The molecule has 1 aliphatic rings. The molecule has 3 aromatic rings. The molecule has 208 valence electrons. The molecule has 0 bridgehead atoms. The Labute approximate surface area is 226 Å². The second-order valence-corrected chi connectivity index (χ2v) is 10.9.